The van der Waals surface area contributed by atoms with E-state index in [1.165, 1.54) is 23.1 Å². The highest BCUT2D eigenvalue weighted by Gasteiger charge is 2.24. The molecular formula is C24H29N9O2. The second-order valence-electron chi connectivity index (χ2n) is 8.65. The maximum Gasteiger partial charge on any atom is 0.248 e. The number of nitrogens with one attached hydrogen (secondary N) is 1. The molecule has 0 radical (unpaired) electrons. The van der Waals surface area contributed by atoms with E-state index in [1.54, 1.807) is 26.4 Å². The second-order valence-corrected chi connectivity index (χ2v) is 8.65. The Balaban J connectivity index is 1.38. The summed E-state index contributed by atoms with van der Waals surface area (Å²) in [4.78, 5) is 17.8. The van der Waals surface area contributed by atoms with Crippen LogP contribution in [0, 0.1) is 0 Å². The maximum atomic E-state index is 6.21. The minimum Gasteiger partial charge on any atom is -0.493 e. The van der Waals surface area contributed by atoms with Crippen molar-refractivity contribution in [1.29, 1.82) is 0 Å². The average Bonchev–Trinajstić information content (AvgIpc) is 3.50. The van der Waals surface area contributed by atoms with E-state index >= 15 is 0 Å². The van der Waals surface area contributed by atoms with Gasteiger partial charge in [-0.3, -0.25) is 0 Å². The second kappa shape index (κ2) is 9.26. The average molecular weight is 476 g/mol. The SMILES string of the molecule is COc1cc2ncnc(-n3nc(Nc4ccc(N5CC[C@H](N(C)C)C5)cc4)nc3N)c2cc1OC. The molecular weight excluding hydrogens is 446 g/mol. The van der Waals surface area contributed by atoms with Crippen LogP contribution in [0.3, 0.4) is 0 Å². The predicted molar refractivity (Wildman–Crippen MR) is 136 cm³/mol. The van der Waals surface area contributed by atoms with Crippen molar-refractivity contribution in [2.75, 3.05) is 57.4 Å². The van der Waals surface area contributed by atoms with Crippen LogP contribution in [-0.2, 0) is 0 Å². The summed E-state index contributed by atoms with van der Waals surface area (Å²) >= 11 is 0. The summed E-state index contributed by atoms with van der Waals surface area (Å²) in [6.07, 6.45) is 2.62. The molecule has 2 aromatic heterocycles. The molecule has 35 heavy (non-hydrogen) atoms. The molecule has 1 aliphatic heterocycles. The summed E-state index contributed by atoms with van der Waals surface area (Å²) < 4.78 is 12.3. The molecule has 0 aliphatic carbocycles. The Morgan fingerprint density at radius 3 is 2.49 bits per heavy atom. The van der Waals surface area contributed by atoms with Crippen molar-refractivity contribution >= 4 is 34.2 Å². The van der Waals surface area contributed by atoms with E-state index in [4.69, 9.17) is 15.2 Å². The molecule has 0 spiro atoms. The zero-order valence-electron chi connectivity index (χ0n) is 20.3. The summed E-state index contributed by atoms with van der Waals surface area (Å²) in [6, 6.07) is 12.4. The van der Waals surface area contributed by atoms with Gasteiger partial charge in [0.05, 0.1) is 19.7 Å². The van der Waals surface area contributed by atoms with Gasteiger partial charge >= 0.3 is 0 Å². The van der Waals surface area contributed by atoms with Crippen LogP contribution in [0.1, 0.15) is 6.42 Å². The quantitative estimate of drug-likeness (QED) is 0.413. The number of likely N-dealkylation sites (N-methyl/N-ethyl adjacent to an activating group) is 1. The molecule has 11 nitrogen and oxygen atoms in total. The van der Waals surface area contributed by atoms with Crippen LogP contribution < -0.4 is 25.4 Å². The third kappa shape index (κ3) is 4.37. The van der Waals surface area contributed by atoms with Crippen LogP contribution in [0.25, 0.3) is 16.7 Å². The number of nitrogen functional groups attached to an aromatic ring is 1. The summed E-state index contributed by atoms with van der Waals surface area (Å²) in [7, 11) is 7.43. The first-order valence-corrected chi connectivity index (χ1v) is 11.3. The van der Waals surface area contributed by atoms with Gasteiger partial charge in [0, 0.05) is 42.0 Å². The van der Waals surface area contributed by atoms with Gasteiger partial charge in [-0.1, -0.05) is 0 Å². The Morgan fingerprint density at radius 2 is 1.80 bits per heavy atom. The molecule has 3 N–H and O–H groups in total. The molecule has 5 rings (SSSR count). The fourth-order valence-electron chi connectivity index (χ4n) is 4.35. The summed E-state index contributed by atoms with van der Waals surface area (Å²) in [5, 5.41) is 8.48. The fraction of sp³-hybridized carbons (Fsp3) is 0.333. The van der Waals surface area contributed by atoms with Crippen molar-refractivity contribution in [1.82, 2.24) is 29.6 Å². The van der Waals surface area contributed by atoms with Gasteiger partial charge in [0.2, 0.25) is 11.9 Å². The van der Waals surface area contributed by atoms with Crippen LogP contribution in [0.15, 0.2) is 42.7 Å². The van der Waals surface area contributed by atoms with Gasteiger partial charge in [0.1, 0.15) is 6.33 Å². The Hall–Kier alpha value is -4.12. The molecule has 2 aromatic carbocycles. The lowest BCUT2D eigenvalue weighted by Crippen LogP contribution is -2.31. The van der Waals surface area contributed by atoms with Gasteiger partial charge in [-0.15, -0.1) is 5.10 Å². The molecule has 4 aromatic rings. The van der Waals surface area contributed by atoms with Crippen LogP contribution in [-0.4, -0.2) is 77.1 Å². The van der Waals surface area contributed by atoms with E-state index in [0.29, 0.717) is 40.2 Å². The number of hydrogen-bond acceptors (Lipinski definition) is 10. The van der Waals surface area contributed by atoms with Gasteiger partial charge in [0.25, 0.3) is 0 Å². The molecule has 1 fully saturated rings. The van der Waals surface area contributed by atoms with Gasteiger partial charge in [-0.05, 0) is 50.8 Å². The minimum absolute atomic E-state index is 0.200. The zero-order chi connectivity index (χ0) is 24.5. The molecule has 1 saturated heterocycles. The van der Waals surface area contributed by atoms with Gasteiger partial charge in [-0.25, -0.2) is 9.97 Å². The Bertz CT molecular complexity index is 1340. The van der Waals surface area contributed by atoms with E-state index in [-0.39, 0.29) is 5.95 Å². The Morgan fingerprint density at radius 1 is 1.06 bits per heavy atom. The van der Waals surface area contributed by atoms with Gasteiger partial charge in [-0.2, -0.15) is 9.67 Å². The van der Waals surface area contributed by atoms with Gasteiger partial charge < -0.3 is 30.3 Å². The fourth-order valence-corrected chi connectivity index (χ4v) is 4.35. The Labute approximate surface area is 203 Å². The van der Waals surface area contributed by atoms with Crippen LogP contribution in [0.2, 0.25) is 0 Å². The number of hydrogen-bond donors (Lipinski definition) is 2. The number of nitrogens with zero attached hydrogens (tertiary/aromatic N) is 7. The topological polar surface area (TPSA) is 119 Å². The molecule has 3 heterocycles. The van der Waals surface area contributed by atoms with Crippen LogP contribution >= 0.6 is 0 Å². The van der Waals surface area contributed by atoms with Crippen LogP contribution in [0.5, 0.6) is 11.5 Å². The normalized spacial score (nSPS) is 15.7. The lowest BCUT2D eigenvalue weighted by Gasteiger charge is -2.22. The number of nitrogens with two attached hydrogens (primary N) is 1. The first-order chi connectivity index (χ1) is 17.0. The zero-order valence-corrected chi connectivity index (χ0v) is 20.3. The third-order valence-corrected chi connectivity index (χ3v) is 6.33. The molecule has 11 heteroatoms. The number of fused-ring (bicyclic) bond motifs is 1. The van der Waals surface area contributed by atoms with Crippen molar-refractivity contribution in [3.63, 3.8) is 0 Å². The van der Waals surface area contributed by atoms with E-state index in [1.807, 2.05) is 12.1 Å². The van der Waals surface area contributed by atoms with E-state index in [0.717, 1.165) is 18.8 Å². The predicted octanol–water partition coefficient (Wildman–Crippen LogP) is 2.69. The highest BCUT2D eigenvalue weighted by atomic mass is 16.5. The highest BCUT2D eigenvalue weighted by molar-refractivity contribution is 5.88. The molecule has 0 unspecified atom stereocenters. The highest BCUT2D eigenvalue weighted by Crippen LogP contribution is 2.33. The number of rotatable bonds is 7. The molecule has 0 amide bonds. The summed E-state index contributed by atoms with van der Waals surface area (Å²) in [6.45, 7) is 2.09. The molecule has 0 saturated carbocycles. The number of ether oxygens (including phenoxy) is 2. The number of anilines is 4. The lowest BCUT2D eigenvalue weighted by atomic mass is 10.2. The van der Waals surface area contributed by atoms with Gasteiger partial charge in [0.15, 0.2) is 17.3 Å². The van der Waals surface area contributed by atoms with E-state index in [2.05, 4.69) is 61.4 Å². The molecule has 1 aliphatic rings. The minimum atomic E-state index is 0.200. The first kappa shape index (κ1) is 22.7. The molecule has 182 valence electrons. The van der Waals surface area contributed by atoms with E-state index < -0.39 is 0 Å². The lowest BCUT2D eigenvalue weighted by molar-refractivity contribution is 0.315. The number of methoxy groups -OCH3 is 2. The summed E-state index contributed by atoms with van der Waals surface area (Å²) in [5.41, 5.74) is 8.96. The molecule has 1 atom stereocenters. The third-order valence-electron chi connectivity index (χ3n) is 6.33. The van der Waals surface area contributed by atoms with Crippen LogP contribution in [0.4, 0.5) is 23.3 Å². The smallest absolute Gasteiger partial charge is 0.248 e. The maximum absolute atomic E-state index is 6.21. The van der Waals surface area contributed by atoms with E-state index in [9.17, 15) is 0 Å². The van der Waals surface area contributed by atoms with Crippen molar-refractivity contribution < 1.29 is 9.47 Å². The number of benzene rings is 2. The first-order valence-electron chi connectivity index (χ1n) is 11.3. The summed E-state index contributed by atoms with van der Waals surface area (Å²) in [5.74, 6) is 2.20. The number of aromatic nitrogens is 5. The van der Waals surface area contributed by atoms with Crippen molar-refractivity contribution in [3.8, 4) is 17.3 Å². The monoisotopic (exact) mass is 475 g/mol. The largest absolute Gasteiger partial charge is 0.493 e. The van der Waals surface area contributed by atoms with Crippen molar-refractivity contribution in [2.45, 2.75) is 12.5 Å². The van der Waals surface area contributed by atoms with Crippen molar-refractivity contribution in [2.24, 2.45) is 0 Å². The Kier molecular flexibility index (Phi) is 6.00. The standard InChI is InChI=1S/C24H29N9O2/c1-31(2)17-9-10-32(13-17)16-7-5-15(6-8-16)28-24-29-23(25)33(30-24)22-18-11-20(34-3)21(35-4)12-19(18)26-14-27-22/h5-8,11-12,14,17H,9-10,13H2,1-4H3,(H3,25,28,29,30)/t17-/m0/s1. The van der Waals surface area contributed by atoms with Crippen molar-refractivity contribution in [3.05, 3.63) is 42.7 Å². The molecule has 0 bridgehead atoms.